The molecule has 0 aromatic carbocycles. The number of nitrogens with one attached hydrogen (secondary N) is 1. The maximum Gasteiger partial charge on any atom is 0.146 e. The van der Waals surface area contributed by atoms with Crippen molar-refractivity contribution in [3.05, 3.63) is 11.6 Å². The van der Waals surface area contributed by atoms with E-state index in [0.717, 1.165) is 35.6 Å². The van der Waals surface area contributed by atoms with Crippen molar-refractivity contribution in [1.82, 2.24) is 5.32 Å². The van der Waals surface area contributed by atoms with Gasteiger partial charge in [-0.3, -0.25) is 4.79 Å². The van der Waals surface area contributed by atoms with Crippen molar-refractivity contribution in [3.8, 4) is 0 Å². The van der Waals surface area contributed by atoms with Gasteiger partial charge in [0, 0.05) is 5.54 Å². The SMILES string of the molecule is C=C(NC1(C)CC2CC(C)CC(C2)C1)SC1(C(C)=O)CCCCC1.CCC. The van der Waals surface area contributed by atoms with Gasteiger partial charge in [-0.1, -0.05) is 64.8 Å². The molecular formula is C24H43NOS. The van der Waals surface area contributed by atoms with Crippen LogP contribution < -0.4 is 5.32 Å². The van der Waals surface area contributed by atoms with Gasteiger partial charge in [-0.25, -0.2) is 0 Å². The molecule has 1 N–H and O–H groups in total. The Morgan fingerprint density at radius 3 is 2.07 bits per heavy atom. The fourth-order valence-electron chi connectivity index (χ4n) is 5.94. The van der Waals surface area contributed by atoms with Gasteiger partial charge in [-0.05, 0) is 76.5 Å². The van der Waals surface area contributed by atoms with E-state index < -0.39 is 0 Å². The summed E-state index contributed by atoms with van der Waals surface area (Å²) in [5.74, 6) is 2.99. The summed E-state index contributed by atoms with van der Waals surface area (Å²) in [6, 6.07) is 0. The van der Waals surface area contributed by atoms with Crippen LogP contribution in [0.4, 0.5) is 0 Å². The van der Waals surface area contributed by atoms with Gasteiger partial charge in [0.2, 0.25) is 0 Å². The first-order chi connectivity index (χ1) is 12.7. The summed E-state index contributed by atoms with van der Waals surface area (Å²) in [7, 11) is 0. The van der Waals surface area contributed by atoms with E-state index in [4.69, 9.17) is 0 Å². The fraction of sp³-hybridized carbons (Fsp3) is 0.875. The Kier molecular flexibility index (Phi) is 8.34. The van der Waals surface area contributed by atoms with Gasteiger partial charge in [0.1, 0.15) is 5.78 Å². The molecular weight excluding hydrogens is 350 g/mol. The summed E-state index contributed by atoms with van der Waals surface area (Å²) in [5.41, 5.74) is 0.171. The van der Waals surface area contributed by atoms with E-state index in [9.17, 15) is 4.79 Å². The topological polar surface area (TPSA) is 29.1 Å². The third-order valence-corrected chi connectivity index (χ3v) is 8.11. The number of hydrogen-bond donors (Lipinski definition) is 1. The number of thioether (sulfide) groups is 1. The molecule has 0 aliphatic heterocycles. The molecule has 2 nitrogen and oxygen atoms in total. The third-order valence-electron chi connectivity index (χ3n) is 6.68. The molecule has 27 heavy (non-hydrogen) atoms. The van der Waals surface area contributed by atoms with Gasteiger partial charge in [-0.2, -0.15) is 0 Å². The number of hydrogen-bond acceptors (Lipinski definition) is 3. The first-order valence-electron chi connectivity index (χ1n) is 11.4. The van der Waals surface area contributed by atoms with Crippen LogP contribution in [0.15, 0.2) is 11.6 Å². The molecule has 156 valence electrons. The Bertz CT molecular complexity index is 491. The molecule has 0 aromatic rings. The molecule has 3 saturated carbocycles. The maximum absolute atomic E-state index is 12.3. The largest absolute Gasteiger partial charge is 0.375 e. The summed E-state index contributed by atoms with van der Waals surface area (Å²) in [6.07, 6.45) is 13.7. The second kappa shape index (κ2) is 9.85. The molecule has 3 rings (SSSR count). The molecule has 0 radical (unpaired) electrons. The molecule has 2 atom stereocenters. The second-order valence-electron chi connectivity index (χ2n) is 9.98. The van der Waals surface area contributed by atoms with Crippen molar-refractivity contribution in [2.75, 3.05) is 0 Å². The molecule has 0 spiro atoms. The van der Waals surface area contributed by atoms with Gasteiger partial charge in [0.25, 0.3) is 0 Å². The molecule has 0 aromatic heterocycles. The predicted molar refractivity (Wildman–Crippen MR) is 120 cm³/mol. The molecule has 3 aliphatic carbocycles. The third kappa shape index (κ3) is 6.27. The van der Waals surface area contributed by atoms with Crippen LogP contribution in [-0.2, 0) is 4.79 Å². The minimum absolute atomic E-state index is 0.171. The van der Waals surface area contributed by atoms with E-state index in [-0.39, 0.29) is 10.3 Å². The van der Waals surface area contributed by atoms with Gasteiger partial charge in [-0.15, -0.1) is 0 Å². The van der Waals surface area contributed by atoms with E-state index >= 15 is 0 Å². The number of fused-ring (bicyclic) bond motifs is 2. The molecule has 3 aliphatic rings. The van der Waals surface area contributed by atoms with E-state index in [1.54, 1.807) is 18.7 Å². The fourth-order valence-corrected chi connectivity index (χ4v) is 7.34. The Morgan fingerprint density at radius 1 is 1.07 bits per heavy atom. The first-order valence-corrected chi connectivity index (χ1v) is 12.2. The molecule has 0 saturated heterocycles. The highest BCUT2D eigenvalue weighted by Crippen LogP contribution is 2.48. The van der Waals surface area contributed by atoms with Crippen molar-refractivity contribution < 1.29 is 4.79 Å². The Labute approximate surface area is 172 Å². The van der Waals surface area contributed by atoms with Crippen LogP contribution in [0.5, 0.6) is 0 Å². The van der Waals surface area contributed by atoms with Crippen molar-refractivity contribution in [2.45, 2.75) is 116 Å². The van der Waals surface area contributed by atoms with Crippen LogP contribution in [0.25, 0.3) is 0 Å². The van der Waals surface area contributed by atoms with E-state index in [1.165, 1.54) is 57.8 Å². The van der Waals surface area contributed by atoms with Crippen molar-refractivity contribution >= 4 is 17.5 Å². The Balaban J connectivity index is 0.000000817. The molecule has 3 heteroatoms. The zero-order valence-electron chi connectivity index (χ0n) is 18.5. The highest BCUT2D eigenvalue weighted by Gasteiger charge is 2.43. The lowest BCUT2D eigenvalue weighted by Gasteiger charge is -2.48. The lowest BCUT2D eigenvalue weighted by Crippen LogP contribution is -2.50. The van der Waals surface area contributed by atoms with Gasteiger partial charge in [0.05, 0.1) is 9.78 Å². The van der Waals surface area contributed by atoms with E-state index in [2.05, 4.69) is 39.6 Å². The number of Topliss-reactive ketones (excluding diaryl/α,β-unsaturated/α-hetero) is 1. The molecule has 3 fully saturated rings. The zero-order chi connectivity index (χ0) is 20.1. The van der Waals surface area contributed by atoms with Crippen LogP contribution in [0.3, 0.4) is 0 Å². The van der Waals surface area contributed by atoms with Crippen LogP contribution in [0.2, 0.25) is 0 Å². The number of rotatable bonds is 5. The summed E-state index contributed by atoms with van der Waals surface area (Å²) >= 11 is 1.74. The van der Waals surface area contributed by atoms with Gasteiger partial charge in [0.15, 0.2) is 0 Å². The van der Waals surface area contributed by atoms with Gasteiger partial charge >= 0.3 is 0 Å². The maximum atomic E-state index is 12.3. The lowest BCUT2D eigenvalue weighted by molar-refractivity contribution is -0.120. The van der Waals surface area contributed by atoms with Crippen molar-refractivity contribution in [2.24, 2.45) is 17.8 Å². The quantitative estimate of drug-likeness (QED) is 0.540. The number of ketones is 1. The second-order valence-corrected chi connectivity index (χ2v) is 11.5. The van der Waals surface area contributed by atoms with E-state index in [0.29, 0.717) is 5.78 Å². The molecule has 0 amide bonds. The van der Waals surface area contributed by atoms with Crippen molar-refractivity contribution in [3.63, 3.8) is 0 Å². The lowest BCUT2D eigenvalue weighted by atomic mass is 9.63. The molecule has 2 unspecified atom stereocenters. The first kappa shape index (κ1) is 22.8. The zero-order valence-corrected chi connectivity index (χ0v) is 19.4. The summed E-state index contributed by atoms with van der Waals surface area (Å²) in [6.45, 7) is 15.2. The van der Waals surface area contributed by atoms with Crippen LogP contribution in [-0.4, -0.2) is 16.1 Å². The Hall–Kier alpha value is -0.440. The summed E-state index contributed by atoms with van der Waals surface area (Å²) in [4.78, 5) is 12.3. The van der Waals surface area contributed by atoms with Crippen molar-refractivity contribution in [1.29, 1.82) is 0 Å². The molecule has 2 bridgehead atoms. The average Bonchev–Trinajstić information content (AvgIpc) is 2.54. The van der Waals surface area contributed by atoms with Crippen LogP contribution >= 0.6 is 11.8 Å². The number of carbonyl (C=O) groups excluding carboxylic acids is 1. The van der Waals surface area contributed by atoms with Gasteiger partial charge < -0.3 is 5.32 Å². The van der Waals surface area contributed by atoms with E-state index in [1.807, 2.05) is 0 Å². The normalized spacial score (nSPS) is 34.8. The highest BCUT2D eigenvalue weighted by molar-refractivity contribution is 8.05. The Morgan fingerprint density at radius 2 is 1.59 bits per heavy atom. The minimum Gasteiger partial charge on any atom is -0.375 e. The standard InChI is InChI=1S/C21H35NOS.C3H8/c1-15-10-18-12-19(11-15)14-20(4,13-18)22-17(3)24-21(16(2)23)8-6-5-7-9-21;1-3-2/h15,18-19,22H,3,5-14H2,1-2,4H3;3H2,1-2H3. The summed E-state index contributed by atoms with van der Waals surface area (Å²) in [5, 5.41) is 4.81. The predicted octanol–water partition coefficient (Wildman–Crippen LogP) is 7.09. The smallest absolute Gasteiger partial charge is 0.146 e. The minimum atomic E-state index is -0.211. The average molecular weight is 394 g/mol. The number of carbonyl (C=O) groups is 1. The van der Waals surface area contributed by atoms with Crippen LogP contribution in [0.1, 0.15) is 105 Å². The monoisotopic (exact) mass is 393 g/mol. The summed E-state index contributed by atoms with van der Waals surface area (Å²) < 4.78 is -0.211. The highest BCUT2D eigenvalue weighted by atomic mass is 32.2. The molecule has 0 heterocycles. The van der Waals surface area contributed by atoms with Crippen LogP contribution in [0, 0.1) is 17.8 Å².